The van der Waals surface area contributed by atoms with E-state index in [9.17, 15) is 4.39 Å². The molecule has 35 heavy (non-hydrogen) atoms. The second-order valence-electron chi connectivity index (χ2n) is 8.57. The number of hydrogen-bond acceptors (Lipinski definition) is 6. The molecule has 1 aliphatic rings. The standard InChI is InChI=1S/C26H22FN5O2S/c1-15-30-13-22(35-15)14-33-20-10-18(27)11-21(12-20)34-19-6-4-16(5-7-19)23-24-25(28)29-8-9-32(24)26(31-23)17-2-3-17/h4-13,17H,2-3,14H2,1H3,(H2,28,29)/p+1. The number of nitrogens with one attached hydrogen (secondary N) is 1. The summed E-state index contributed by atoms with van der Waals surface area (Å²) in [6, 6.07) is 11.9. The normalized spacial score (nSPS) is 13.3. The van der Waals surface area contributed by atoms with Crippen LogP contribution in [-0.2, 0) is 6.61 Å². The largest absolute Gasteiger partial charge is 0.488 e. The Balaban J connectivity index is 1.23. The summed E-state index contributed by atoms with van der Waals surface area (Å²) in [5.74, 6) is 2.85. The Morgan fingerprint density at radius 1 is 1.14 bits per heavy atom. The smallest absolute Gasteiger partial charge is 0.232 e. The third-order valence-corrected chi connectivity index (χ3v) is 6.78. The van der Waals surface area contributed by atoms with Gasteiger partial charge in [0.2, 0.25) is 5.01 Å². The number of halogens is 1. The SMILES string of the molecule is Cc1[nH+]cc(COc2cc(F)cc(Oc3ccc(-c4nc(C5CC5)n5ccnc(N)c45)cc3)c2)s1. The van der Waals surface area contributed by atoms with E-state index in [1.807, 2.05) is 48.0 Å². The molecule has 6 rings (SSSR count). The number of ether oxygens (including phenoxy) is 2. The number of aryl methyl sites for hydroxylation is 1. The van der Waals surface area contributed by atoms with Crippen LogP contribution in [0.5, 0.6) is 17.2 Å². The monoisotopic (exact) mass is 488 g/mol. The molecule has 0 bridgehead atoms. The van der Waals surface area contributed by atoms with Crippen molar-refractivity contribution in [2.75, 3.05) is 5.73 Å². The quantitative estimate of drug-likeness (QED) is 0.324. The van der Waals surface area contributed by atoms with Crippen LogP contribution in [0.4, 0.5) is 10.2 Å². The van der Waals surface area contributed by atoms with Crippen LogP contribution < -0.4 is 20.2 Å². The molecule has 0 radical (unpaired) electrons. The number of aromatic nitrogens is 4. The van der Waals surface area contributed by atoms with Gasteiger partial charge in [-0.15, -0.1) is 0 Å². The predicted octanol–water partition coefficient (Wildman–Crippen LogP) is 5.55. The van der Waals surface area contributed by atoms with Crippen molar-refractivity contribution in [2.24, 2.45) is 0 Å². The van der Waals surface area contributed by atoms with Crippen molar-refractivity contribution in [1.29, 1.82) is 0 Å². The molecule has 0 unspecified atom stereocenters. The minimum atomic E-state index is -0.428. The van der Waals surface area contributed by atoms with Crippen LogP contribution in [0.1, 0.15) is 34.5 Å². The van der Waals surface area contributed by atoms with Gasteiger partial charge >= 0.3 is 0 Å². The molecule has 3 aromatic heterocycles. The van der Waals surface area contributed by atoms with E-state index >= 15 is 0 Å². The van der Waals surface area contributed by atoms with E-state index < -0.39 is 5.82 Å². The number of hydrogen-bond donors (Lipinski definition) is 1. The highest BCUT2D eigenvalue weighted by molar-refractivity contribution is 7.11. The predicted molar refractivity (Wildman–Crippen MR) is 131 cm³/mol. The van der Waals surface area contributed by atoms with Gasteiger partial charge in [0.15, 0.2) is 6.20 Å². The molecule has 1 saturated carbocycles. The molecule has 0 amide bonds. The highest BCUT2D eigenvalue weighted by Crippen LogP contribution is 2.42. The van der Waals surface area contributed by atoms with E-state index in [-0.39, 0.29) is 0 Å². The molecule has 5 aromatic rings. The minimum Gasteiger partial charge on any atom is -0.488 e. The zero-order chi connectivity index (χ0) is 23.9. The van der Waals surface area contributed by atoms with Crippen molar-refractivity contribution in [3.8, 4) is 28.5 Å². The van der Waals surface area contributed by atoms with Crippen molar-refractivity contribution < 1.29 is 18.8 Å². The van der Waals surface area contributed by atoms with Gasteiger partial charge in [-0.2, -0.15) is 0 Å². The Bertz CT molecular complexity index is 1530. The Hall–Kier alpha value is -3.98. The molecule has 176 valence electrons. The maximum Gasteiger partial charge on any atom is 0.232 e. The van der Waals surface area contributed by atoms with Crippen LogP contribution in [0.2, 0.25) is 0 Å². The lowest BCUT2D eigenvalue weighted by atomic mass is 10.1. The highest BCUT2D eigenvalue weighted by atomic mass is 32.1. The first-order valence-electron chi connectivity index (χ1n) is 11.3. The van der Waals surface area contributed by atoms with Gasteiger partial charge in [0.25, 0.3) is 0 Å². The van der Waals surface area contributed by atoms with Crippen molar-refractivity contribution in [1.82, 2.24) is 14.4 Å². The van der Waals surface area contributed by atoms with Crippen molar-refractivity contribution in [3.05, 3.63) is 82.6 Å². The van der Waals surface area contributed by atoms with E-state index in [0.717, 1.165) is 45.3 Å². The molecule has 7 nitrogen and oxygen atoms in total. The molecule has 2 aromatic carbocycles. The van der Waals surface area contributed by atoms with E-state index in [1.165, 1.54) is 12.1 Å². The lowest BCUT2D eigenvalue weighted by Gasteiger charge is -2.10. The Labute approximate surface area is 205 Å². The Kier molecular flexibility index (Phi) is 5.33. The number of thiazole rings is 1. The number of aromatic amines is 1. The number of nitrogens with two attached hydrogens (primary N) is 1. The fourth-order valence-electron chi connectivity index (χ4n) is 4.08. The average molecular weight is 489 g/mol. The first-order valence-corrected chi connectivity index (χ1v) is 12.2. The Morgan fingerprint density at radius 3 is 2.69 bits per heavy atom. The highest BCUT2D eigenvalue weighted by Gasteiger charge is 2.30. The first kappa shape index (κ1) is 21.5. The molecular formula is C26H23FN5O2S+. The van der Waals surface area contributed by atoms with Gasteiger partial charge in [-0.05, 0) is 37.1 Å². The second-order valence-corrected chi connectivity index (χ2v) is 9.92. The van der Waals surface area contributed by atoms with Crippen LogP contribution in [0.25, 0.3) is 16.8 Å². The van der Waals surface area contributed by atoms with Gasteiger partial charge in [0.1, 0.15) is 57.4 Å². The topological polar surface area (TPSA) is 88.8 Å². The fraction of sp³-hybridized carbons (Fsp3) is 0.192. The average Bonchev–Trinajstić information content (AvgIpc) is 3.48. The van der Waals surface area contributed by atoms with Crippen LogP contribution in [0, 0.1) is 12.7 Å². The lowest BCUT2D eigenvalue weighted by Crippen LogP contribution is -1.98. The zero-order valence-electron chi connectivity index (χ0n) is 19.0. The van der Waals surface area contributed by atoms with Crippen LogP contribution >= 0.6 is 11.3 Å². The maximum atomic E-state index is 14.2. The number of imidazole rings is 1. The molecule has 0 spiro atoms. The minimum absolute atomic E-state index is 0.353. The van der Waals surface area contributed by atoms with Crippen molar-refractivity contribution in [3.63, 3.8) is 0 Å². The van der Waals surface area contributed by atoms with E-state index in [4.69, 9.17) is 20.2 Å². The van der Waals surface area contributed by atoms with Gasteiger partial charge in [0.05, 0.1) is 0 Å². The summed E-state index contributed by atoms with van der Waals surface area (Å²) in [6.07, 6.45) is 7.78. The number of nitrogen functional groups attached to an aromatic ring is 1. The lowest BCUT2D eigenvalue weighted by molar-refractivity contribution is -0.380. The van der Waals surface area contributed by atoms with E-state index in [0.29, 0.717) is 35.6 Å². The number of H-pyrrole nitrogens is 1. The third-order valence-electron chi connectivity index (χ3n) is 5.86. The number of fused-ring (bicyclic) bond motifs is 1. The summed E-state index contributed by atoms with van der Waals surface area (Å²) in [5.41, 5.74) is 8.73. The molecule has 1 aliphatic carbocycles. The van der Waals surface area contributed by atoms with Gasteiger partial charge in [0, 0.05) is 49.0 Å². The number of rotatable bonds is 7. The van der Waals surface area contributed by atoms with Gasteiger partial charge in [-0.3, -0.25) is 4.40 Å². The molecule has 0 atom stereocenters. The summed E-state index contributed by atoms with van der Waals surface area (Å²) in [6.45, 7) is 2.34. The fourth-order valence-corrected chi connectivity index (χ4v) is 4.82. The van der Waals surface area contributed by atoms with Crippen LogP contribution in [0.3, 0.4) is 0 Å². The molecule has 0 saturated heterocycles. The third kappa shape index (κ3) is 4.42. The number of benzene rings is 2. The molecular weight excluding hydrogens is 465 g/mol. The summed E-state index contributed by atoms with van der Waals surface area (Å²) in [5, 5.41) is 1.08. The summed E-state index contributed by atoms with van der Waals surface area (Å²) in [4.78, 5) is 13.3. The Morgan fingerprint density at radius 2 is 1.94 bits per heavy atom. The molecule has 0 aliphatic heterocycles. The van der Waals surface area contributed by atoms with Crippen LogP contribution in [0.15, 0.2) is 61.1 Å². The van der Waals surface area contributed by atoms with Crippen molar-refractivity contribution >= 4 is 22.7 Å². The summed E-state index contributed by atoms with van der Waals surface area (Å²) >= 11 is 1.60. The number of nitrogens with zero attached hydrogens (tertiary/aromatic N) is 3. The van der Waals surface area contributed by atoms with Gasteiger partial charge in [-0.25, -0.2) is 19.3 Å². The molecule has 1 fully saturated rings. The maximum absolute atomic E-state index is 14.2. The summed E-state index contributed by atoms with van der Waals surface area (Å²) < 4.78 is 27.9. The molecule has 3 N–H and O–H groups in total. The molecule has 3 heterocycles. The van der Waals surface area contributed by atoms with Crippen molar-refractivity contribution in [2.45, 2.75) is 32.3 Å². The van der Waals surface area contributed by atoms with Gasteiger partial charge < -0.3 is 15.2 Å². The van der Waals surface area contributed by atoms with Gasteiger partial charge in [-0.1, -0.05) is 11.3 Å². The summed E-state index contributed by atoms with van der Waals surface area (Å²) in [7, 11) is 0. The van der Waals surface area contributed by atoms with E-state index in [1.54, 1.807) is 23.6 Å². The molecule has 9 heteroatoms. The number of anilines is 1. The first-order chi connectivity index (χ1) is 17.0. The second kappa shape index (κ2) is 8.66. The zero-order valence-corrected chi connectivity index (χ0v) is 19.8. The van der Waals surface area contributed by atoms with Crippen LogP contribution in [-0.4, -0.2) is 14.4 Å². The van der Waals surface area contributed by atoms with E-state index in [2.05, 4.69) is 9.97 Å².